The van der Waals surface area contributed by atoms with Crippen molar-refractivity contribution in [3.8, 4) is 0 Å². The van der Waals surface area contributed by atoms with Gasteiger partial charge in [-0.3, -0.25) is 4.79 Å². The first-order valence-corrected chi connectivity index (χ1v) is 8.91. The second kappa shape index (κ2) is 5.03. The fraction of sp³-hybridized carbons (Fsp3) is 0.750. The Morgan fingerprint density at radius 3 is 2.38 bits per heavy atom. The number of carbonyl (C=O) groups is 1. The van der Waals surface area contributed by atoms with Crippen molar-refractivity contribution in [1.82, 2.24) is 0 Å². The van der Waals surface area contributed by atoms with Gasteiger partial charge in [-0.05, 0) is 24.2 Å². The molecule has 3 rings (SSSR count). The number of hydrogen-bond donors (Lipinski definition) is 3. The number of carbonyl (C=O) groups excluding carboxylic acids is 1. The smallest absolute Gasteiger partial charge is 0.161 e. The Labute approximate surface area is 144 Å². The molecule has 0 aliphatic heterocycles. The molecule has 2 fully saturated rings. The summed E-state index contributed by atoms with van der Waals surface area (Å²) in [6.45, 7) is 11.7. The minimum atomic E-state index is -1.35. The highest BCUT2D eigenvalue weighted by atomic mass is 16.3. The first-order valence-electron chi connectivity index (χ1n) is 8.91. The summed E-state index contributed by atoms with van der Waals surface area (Å²) in [5.74, 6) is -0.339. The zero-order valence-electron chi connectivity index (χ0n) is 15.2. The maximum Gasteiger partial charge on any atom is 0.161 e. The summed E-state index contributed by atoms with van der Waals surface area (Å²) >= 11 is 0. The van der Waals surface area contributed by atoms with Crippen LogP contribution >= 0.6 is 0 Å². The predicted octanol–water partition coefficient (Wildman–Crippen LogP) is 2.38. The van der Waals surface area contributed by atoms with Crippen molar-refractivity contribution in [1.29, 1.82) is 0 Å². The van der Waals surface area contributed by atoms with E-state index in [2.05, 4.69) is 6.58 Å². The van der Waals surface area contributed by atoms with Crippen molar-refractivity contribution in [2.24, 2.45) is 22.2 Å². The van der Waals surface area contributed by atoms with Crippen LogP contribution in [0.25, 0.3) is 0 Å². The number of hydrogen-bond acceptors (Lipinski definition) is 4. The van der Waals surface area contributed by atoms with Crippen LogP contribution in [0.4, 0.5) is 0 Å². The van der Waals surface area contributed by atoms with Crippen molar-refractivity contribution in [2.45, 2.75) is 71.2 Å². The van der Waals surface area contributed by atoms with Gasteiger partial charge in [-0.15, -0.1) is 6.58 Å². The molecule has 4 heteroatoms. The van der Waals surface area contributed by atoms with Crippen LogP contribution in [0.1, 0.15) is 53.4 Å². The summed E-state index contributed by atoms with van der Waals surface area (Å²) in [6.07, 6.45) is 3.73. The topological polar surface area (TPSA) is 77.8 Å². The predicted molar refractivity (Wildman–Crippen MR) is 92.2 cm³/mol. The Morgan fingerprint density at radius 1 is 1.17 bits per heavy atom. The highest BCUT2D eigenvalue weighted by Crippen LogP contribution is 2.64. The van der Waals surface area contributed by atoms with Crippen molar-refractivity contribution in [2.75, 3.05) is 0 Å². The molecule has 3 N–H and O–H groups in total. The minimum Gasteiger partial charge on any atom is -0.392 e. The molecule has 0 bridgehead atoms. The molecule has 4 nitrogen and oxygen atoms in total. The van der Waals surface area contributed by atoms with Gasteiger partial charge in [0.25, 0.3) is 0 Å². The molecule has 0 radical (unpaired) electrons. The van der Waals surface area contributed by atoms with Crippen LogP contribution in [0.15, 0.2) is 24.3 Å². The summed E-state index contributed by atoms with van der Waals surface area (Å²) in [4.78, 5) is 12.9. The third-order valence-corrected chi connectivity index (χ3v) is 7.61. The monoisotopic (exact) mass is 334 g/mol. The Balaban J connectivity index is 2.19. The summed E-state index contributed by atoms with van der Waals surface area (Å²) in [5.41, 5.74) is -2.62. The lowest BCUT2D eigenvalue weighted by atomic mass is 9.42. The summed E-state index contributed by atoms with van der Waals surface area (Å²) in [6, 6.07) is 0. The molecule has 0 saturated heterocycles. The van der Waals surface area contributed by atoms with Gasteiger partial charge in [-0.25, -0.2) is 0 Å². The van der Waals surface area contributed by atoms with E-state index < -0.39 is 28.6 Å². The lowest BCUT2D eigenvalue weighted by molar-refractivity contribution is -0.237. The Hall–Kier alpha value is -0.970. The number of Topliss-reactive ketones (excluding diaryl/α,β-unsaturated/α-hetero) is 1. The number of ketones is 1. The first-order chi connectivity index (χ1) is 10.9. The first kappa shape index (κ1) is 17.8. The quantitative estimate of drug-likeness (QED) is 0.644. The Morgan fingerprint density at radius 2 is 1.79 bits per heavy atom. The molecule has 0 heterocycles. The van der Waals surface area contributed by atoms with Crippen molar-refractivity contribution < 1.29 is 20.1 Å². The summed E-state index contributed by atoms with van der Waals surface area (Å²) in [7, 11) is 0. The molecule has 0 aromatic heterocycles. The van der Waals surface area contributed by atoms with Crippen LogP contribution in [0.5, 0.6) is 0 Å². The lowest BCUT2D eigenvalue weighted by Gasteiger charge is -2.65. The van der Waals surface area contributed by atoms with Gasteiger partial charge in [0.2, 0.25) is 0 Å². The van der Waals surface area contributed by atoms with Gasteiger partial charge in [0.05, 0.1) is 12.2 Å². The van der Waals surface area contributed by atoms with Crippen molar-refractivity contribution in [3.63, 3.8) is 0 Å². The fourth-order valence-electron chi connectivity index (χ4n) is 5.47. The molecule has 0 aromatic carbocycles. The van der Waals surface area contributed by atoms with E-state index in [9.17, 15) is 20.1 Å². The number of allylic oxidation sites excluding steroid dienone is 2. The third kappa shape index (κ3) is 2.00. The van der Waals surface area contributed by atoms with Gasteiger partial charge >= 0.3 is 0 Å². The third-order valence-electron chi connectivity index (χ3n) is 7.61. The molecule has 3 aliphatic rings. The number of aliphatic hydroxyl groups is 3. The summed E-state index contributed by atoms with van der Waals surface area (Å²) < 4.78 is 0. The number of rotatable bonds is 1. The molecule has 0 aromatic rings. The Kier molecular flexibility index (Phi) is 3.74. The van der Waals surface area contributed by atoms with E-state index in [0.717, 1.165) is 0 Å². The van der Waals surface area contributed by atoms with Crippen molar-refractivity contribution in [3.05, 3.63) is 24.3 Å². The zero-order chi connectivity index (χ0) is 18.1. The van der Waals surface area contributed by atoms with Crippen LogP contribution < -0.4 is 0 Å². The van der Waals surface area contributed by atoms with E-state index in [4.69, 9.17) is 0 Å². The van der Waals surface area contributed by atoms with E-state index >= 15 is 0 Å². The molecular weight excluding hydrogens is 304 g/mol. The van der Waals surface area contributed by atoms with E-state index in [1.54, 1.807) is 0 Å². The van der Waals surface area contributed by atoms with E-state index in [-0.39, 0.29) is 30.0 Å². The molecule has 0 spiro atoms. The molecule has 24 heavy (non-hydrogen) atoms. The van der Waals surface area contributed by atoms with Gasteiger partial charge in [0.15, 0.2) is 5.78 Å². The van der Waals surface area contributed by atoms with Crippen LogP contribution in [-0.4, -0.2) is 38.9 Å². The SMILES string of the molecule is C=C[C@]1(C)C=C2C(=O)C[C@H]3C(C)(C)[C@@H](O)C[C@@H](O)[C@]3(C)[C@@]2(O)CC1. The van der Waals surface area contributed by atoms with Gasteiger partial charge < -0.3 is 15.3 Å². The van der Waals surface area contributed by atoms with Crippen LogP contribution in [0.2, 0.25) is 0 Å². The van der Waals surface area contributed by atoms with E-state index in [1.807, 2.05) is 39.8 Å². The van der Waals surface area contributed by atoms with Crippen LogP contribution in [0, 0.1) is 22.2 Å². The average Bonchev–Trinajstić information content (AvgIpc) is 2.51. The average molecular weight is 334 g/mol. The van der Waals surface area contributed by atoms with Gasteiger partial charge in [-0.1, -0.05) is 39.8 Å². The zero-order valence-corrected chi connectivity index (χ0v) is 15.2. The minimum absolute atomic E-state index is 0.0675. The van der Waals surface area contributed by atoms with Gasteiger partial charge in [0.1, 0.15) is 5.60 Å². The molecule has 2 saturated carbocycles. The maximum atomic E-state index is 12.9. The van der Waals surface area contributed by atoms with E-state index in [0.29, 0.717) is 18.4 Å². The van der Waals surface area contributed by atoms with Gasteiger partial charge in [0, 0.05) is 29.2 Å². The molecule has 0 unspecified atom stereocenters. The molecule has 6 atom stereocenters. The summed E-state index contributed by atoms with van der Waals surface area (Å²) in [5, 5.41) is 33.0. The lowest BCUT2D eigenvalue weighted by Crippen LogP contribution is -2.70. The van der Waals surface area contributed by atoms with Crippen LogP contribution in [0.3, 0.4) is 0 Å². The second-order valence-corrected chi connectivity index (χ2v) is 9.18. The largest absolute Gasteiger partial charge is 0.392 e. The highest BCUT2D eigenvalue weighted by molar-refractivity contribution is 5.99. The number of fused-ring (bicyclic) bond motifs is 3. The van der Waals surface area contributed by atoms with Crippen LogP contribution in [-0.2, 0) is 4.79 Å². The van der Waals surface area contributed by atoms with Gasteiger partial charge in [-0.2, -0.15) is 0 Å². The normalized spacial score (nSPS) is 50.5. The molecule has 134 valence electrons. The number of aliphatic hydroxyl groups excluding tert-OH is 2. The fourth-order valence-corrected chi connectivity index (χ4v) is 5.47. The molecule has 0 amide bonds. The van der Waals surface area contributed by atoms with E-state index in [1.165, 1.54) is 0 Å². The molecular formula is C20H30O4. The highest BCUT2D eigenvalue weighted by Gasteiger charge is 2.68. The second-order valence-electron chi connectivity index (χ2n) is 9.18. The molecule has 3 aliphatic carbocycles. The maximum absolute atomic E-state index is 12.9. The van der Waals surface area contributed by atoms with Crippen molar-refractivity contribution >= 4 is 5.78 Å². The standard InChI is InChI=1S/C20H30O4/c1-6-18(4)7-8-20(24)12(11-18)13(21)9-14-17(2,3)15(22)10-16(23)19(14,20)5/h6,11,14-16,22-24H,1,7-10H2,2-5H3/t14-,15-,16+,18-,19+,20+/m0/s1. The Bertz CT molecular complexity index is 621.